The summed E-state index contributed by atoms with van der Waals surface area (Å²) >= 11 is 0. The molecule has 2 aromatic carbocycles. The van der Waals surface area contributed by atoms with Gasteiger partial charge in [0.05, 0.1) is 17.1 Å². The number of fused-ring (bicyclic) bond motifs is 4. The number of carbonyl (C=O) groups is 1. The van der Waals surface area contributed by atoms with Crippen LogP contribution in [0.15, 0.2) is 73.4 Å². The Morgan fingerprint density at radius 2 is 2.00 bits per heavy atom. The van der Waals surface area contributed by atoms with Crippen LogP contribution in [0.5, 0.6) is 0 Å². The van der Waals surface area contributed by atoms with Gasteiger partial charge in [-0.3, -0.25) is 9.88 Å². The quantitative estimate of drug-likeness (QED) is 0.419. The van der Waals surface area contributed by atoms with E-state index in [0.29, 0.717) is 17.4 Å². The smallest absolute Gasteiger partial charge is 0.338 e. The van der Waals surface area contributed by atoms with Crippen LogP contribution in [0.25, 0.3) is 10.9 Å². The molecule has 0 radical (unpaired) electrons. The van der Waals surface area contributed by atoms with E-state index in [-0.39, 0.29) is 18.1 Å². The average Bonchev–Trinajstić information content (AvgIpc) is 2.82. The summed E-state index contributed by atoms with van der Waals surface area (Å²) in [5.74, 6) is 0.850. The van der Waals surface area contributed by atoms with Crippen molar-refractivity contribution in [2.45, 2.75) is 31.9 Å². The van der Waals surface area contributed by atoms with Crippen molar-refractivity contribution in [3.8, 4) is 0 Å². The zero-order valence-electron chi connectivity index (χ0n) is 17.9. The van der Waals surface area contributed by atoms with Gasteiger partial charge in [-0.2, -0.15) is 0 Å². The second-order valence-corrected chi connectivity index (χ2v) is 8.86. The topological polar surface area (TPSA) is 42.4 Å². The lowest BCUT2D eigenvalue weighted by Crippen LogP contribution is -2.55. The van der Waals surface area contributed by atoms with E-state index in [1.54, 1.807) is 0 Å². The van der Waals surface area contributed by atoms with Crippen LogP contribution in [0.2, 0.25) is 0 Å². The van der Waals surface area contributed by atoms with Crippen molar-refractivity contribution in [3.05, 3.63) is 90.1 Å². The van der Waals surface area contributed by atoms with Gasteiger partial charge in [0.25, 0.3) is 0 Å². The van der Waals surface area contributed by atoms with E-state index < -0.39 is 0 Å². The van der Waals surface area contributed by atoms with Crippen molar-refractivity contribution >= 4 is 16.9 Å². The molecule has 3 aromatic rings. The summed E-state index contributed by atoms with van der Waals surface area (Å²) in [5, 5.41) is 1.05. The van der Waals surface area contributed by atoms with Crippen molar-refractivity contribution in [3.63, 3.8) is 0 Å². The van der Waals surface area contributed by atoms with E-state index in [4.69, 9.17) is 4.74 Å². The van der Waals surface area contributed by atoms with Crippen molar-refractivity contribution < 1.29 is 9.53 Å². The van der Waals surface area contributed by atoms with E-state index >= 15 is 0 Å². The van der Waals surface area contributed by atoms with Gasteiger partial charge in [0.15, 0.2) is 0 Å². The molecular weight excluding hydrogens is 384 g/mol. The molecule has 5 unspecified atom stereocenters. The largest absolute Gasteiger partial charge is 0.452 e. The number of piperidine rings is 3. The first kappa shape index (κ1) is 20.0. The molecule has 0 saturated carbocycles. The lowest BCUT2D eigenvalue weighted by molar-refractivity contribution is -0.0568. The Kier molecular flexibility index (Phi) is 5.33. The van der Waals surface area contributed by atoms with Crippen LogP contribution < -0.4 is 0 Å². The minimum Gasteiger partial charge on any atom is -0.452 e. The van der Waals surface area contributed by atoms with Gasteiger partial charge in [-0.25, -0.2) is 4.79 Å². The zero-order valence-corrected chi connectivity index (χ0v) is 17.9. The molecule has 158 valence electrons. The molecule has 0 N–H and O–H groups in total. The minimum absolute atomic E-state index is 0.162. The summed E-state index contributed by atoms with van der Waals surface area (Å²) in [6, 6.07) is 17.9. The molecule has 3 fully saturated rings. The minimum atomic E-state index is -0.338. The zero-order chi connectivity index (χ0) is 21.4. The number of nitrogens with zero attached hydrogens (tertiary/aromatic N) is 2. The fraction of sp³-hybridized carbons (Fsp3) is 0.333. The van der Waals surface area contributed by atoms with Gasteiger partial charge in [0.2, 0.25) is 0 Å². The first-order chi connectivity index (χ1) is 15.1. The highest BCUT2D eigenvalue weighted by Crippen LogP contribution is 2.43. The molecule has 4 heterocycles. The number of esters is 1. The second kappa shape index (κ2) is 8.27. The van der Waals surface area contributed by atoms with Gasteiger partial charge in [0, 0.05) is 23.7 Å². The number of para-hydroxylation sites is 1. The SMILES string of the molecule is C=CC1CN2CCC1CC2C(OC(=O)c1ccc(C)cc1)c1ccnc2ccccc12. The van der Waals surface area contributed by atoms with Gasteiger partial charge >= 0.3 is 5.97 Å². The fourth-order valence-corrected chi connectivity index (χ4v) is 5.28. The summed E-state index contributed by atoms with van der Waals surface area (Å²) in [4.78, 5) is 20.2. The summed E-state index contributed by atoms with van der Waals surface area (Å²) < 4.78 is 6.30. The maximum Gasteiger partial charge on any atom is 0.338 e. The summed E-state index contributed by atoms with van der Waals surface area (Å²) in [5.41, 5.74) is 3.68. The van der Waals surface area contributed by atoms with Crippen LogP contribution in [0.3, 0.4) is 0 Å². The van der Waals surface area contributed by atoms with E-state index in [0.717, 1.165) is 41.5 Å². The van der Waals surface area contributed by atoms with Crippen LogP contribution >= 0.6 is 0 Å². The van der Waals surface area contributed by atoms with Crippen LogP contribution in [-0.4, -0.2) is 35.0 Å². The summed E-state index contributed by atoms with van der Waals surface area (Å²) in [7, 11) is 0. The Bertz CT molecular complexity index is 1100. The van der Waals surface area contributed by atoms with Gasteiger partial charge in [-0.15, -0.1) is 6.58 Å². The Labute approximate surface area is 183 Å². The maximum absolute atomic E-state index is 13.2. The van der Waals surface area contributed by atoms with Crippen molar-refractivity contribution in [1.29, 1.82) is 0 Å². The number of rotatable bonds is 5. The second-order valence-electron chi connectivity index (χ2n) is 8.86. The first-order valence-corrected chi connectivity index (χ1v) is 11.1. The third kappa shape index (κ3) is 3.77. The van der Waals surface area contributed by atoms with Gasteiger partial charge in [-0.1, -0.05) is 42.0 Å². The molecule has 3 aliphatic rings. The van der Waals surface area contributed by atoms with Gasteiger partial charge in [-0.05, 0) is 62.4 Å². The van der Waals surface area contributed by atoms with Crippen LogP contribution in [0, 0.1) is 18.8 Å². The molecule has 1 aromatic heterocycles. The molecule has 4 heteroatoms. The van der Waals surface area contributed by atoms with Gasteiger partial charge in [0.1, 0.15) is 6.10 Å². The van der Waals surface area contributed by atoms with E-state index in [1.165, 1.54) is 6.42 Å². The highest BCUT2D eigenvalue weighted by Gasteiger charge is 2.44. The first-order valence-electron chi connectivity index (χ1n) is 11.1. The van der Waals surface area contributed by atoms with Crippen LogP contribution in [0.1, 0.15) is 40.4 Å². The highest BCUT2D eigenvalue weighted by atomic mass is 16.5. The molecule has 4 nitrogen and oxygen atoms in total. The maximum atomic E-state index is 13.2. The van der Waals surface area contributed by atoms with Gasteiger partial charge < -0.3 is 4.74 Å². The fourth-order valence-electron chi connectivity index (χ4n) is 5.28. The van der Waals surface area contributed by atoms with Crippen molar-refractivity contribution in [1.82, 2.24) is 9.88 Å². The number of benzene rings is 2. The number of carbonyl (C=O) groups excluding carboxylic acids is 1. The number of aryl methyl sites for hydroxylation is 1. The molecule has 5 atom stereocenters. The van der Waals surface area contributed by atoms with E-state index in [2.05, 4.69) is 28.6 Å². The van der Waals surface area contributed by atoms with E-state index in [1.807, 2.05) is 61.7 Å². The number of aromatic nitrogens is 1. The number of hydrogen-bond acceptors (Lipinski definition) is 4. The van der Waals surface area contributed by atoms with Crippen LogP contribution in [-0.2, 0) is 4.74 Å². The molecule has 3 aliphatic heterocycles. The molecule has 0 spiro atoms. The number of hydrogen-bond donors (Lipinski definition) is 0. The normalized spacial score (nSPS) is 25.8. The Balaban J connectivity index is 1.53. The molecular formula is C27H28N2O2. The predicted molar refractivity (Wildman–Crippen MR) is 123 cm³/mol. The monoisotopic (exact) mass is 412 g/mol. The Morgan fingerprint density at radius 1 is 1.19 bits per heavy atom. The Morgan fingerprint density at radius 3 is 2.74 bits per heavy atom. The predicted octanol–water partition coefficient (Wildman–Crippen LogP) is 5.34. The standard InChI is InChI=1S/C27H28N2O2/c1-3-19-17-29-15-13-21(19)16-25(29)26(31-27(30)20-10-8-18(2)9-11-20)23-12-14-28-24-7-5-4-6-22(23)24/h3-12,14,19,21,25-26H,1,13,15-17H2,2H3. The number of ether oxygens (including phenoxy) is 1. The molecule has 3 saturated heterocycles. The molecule has 31 heavy (non-hydrogen) atoms. The average molecular weight is 413 g/mol. The van der Waals surface area contributed by atoms with Crippen molar-refractivity contribution in [2.75, 3.05) is 13.1 Å². The third-order valence-electron chi connectivity index (χ3n) is 7.01. The van der Waals surface area contributed by atoms with E-state index in [9.17, 15) is 4.79 Å². The molecule has 2 bridgehead atoms. The molecule has 6 rings (SSSR count). The third-order valence-corrected chi connectivity index (χ3v) is 7.01. The summed E-state index contributed by atoms with van der Waals surface area (Å²) in [6.45, 7) is 8.09. The number of pyridine rings is 1. The van der Waals surface area contributed by atoms with Crippen molar-refractivity contribution in [2.24, 2.45) is 11.8 Å². The Hall–Kier alpha value is -2.98. The highest BCUT2D eigenvalue weighted by molar-refractivity contribution is 5.90. The summed E-state index contributed by atoms with van der Waals surface area (Å²) in [6.07, 6.45) is 5.78. The molecule has 0 aliphatic carbocycles. The lowest BCUT2D eigenvalue weighted by atomic mass is 9.73. The lowest BCUT2D eigenvalue weighted by Gasteiger charge is -2.51. The molecule has 0 amide bonds. The van der Waals surface area contributed by atoms with Crippen LogP contribution in [0.4, 0.5) is 0 Å².